The van der Waals surface area contributed by atoms with Crippen LogP contribution in [-0.2, 0) is 22.7 Å². The summed E-state index contributed by atoms with van der Waals surface area (Å²) in [6.45, 7) is 10.3. The number of amides is 2. The third-order valence-corrected chi connectivity index (χ3v) is 5.10. The van der Waals surface area contributed by atoms with Crippen LogP contribution >= 0.6 is 0 Å². The number of carbonyl (C=O) groups is 2. The highest BCUT2D eigenvalue weighted by atomic mass is 16.2. The van der Waals surface area contributed by atoms with Crippen molar-refractivity contribution < 1.29 is 9.59 Å². The van der Waals surface area contributed by atoms with Gasteiger partial charge in [0.2, 0.25) is 11.8 Å². The molecule has 27 heavy (non-hydrogen) atoms. The SMILES string of the molecule is CCn1c(=O)n(CC(=O)N2CCN(C(=O)C(C)(C)C)CC2)c2ccccc21. The summed E-state index contributed by atoms with van der Waals surface area (Å²) < 4.78 is 3.23. The zero-order valence-electron chi connectivity index (χ0n) is 16.6. The van der Waals surface area contributed by atoms with Crippen LogP contribution in [-0.4, -0.2) is 56.9 Å². The second kappa shape index (κ2) is 7.21. The number of imidazole rings is 1. The van der Waals surface area contributed by atoms with Gasteiger partial charge in [0.1, 0.15) is 6.54 Å². The van der Waals surface area contributed by atoms with Crippen molar-refractivity contribution in [1.29, 1.82) is 0 Å². The van der Waals surface area contributed by atoms with Gasteiger partial charge < -0.3 is 9.80 Å². The Balaban J connectivity index is 1.73. The Kier molecular flexibility index (Phi) is 5.13. The number of aromatic nitrogens is 2. The fraction of sp³-hybridized carbons (Fsp3) is 0.550. The smallest absolute Gasteiger partial charge is 0.329 e. The topological polar surface area (TPSA) is 67.6 Å². The number of hydrogen-bond acceptors (Lipinski definition) is 3. The monoisotopic (exact) mass is 372 g/mol. The van der Waals surface area contributed by atoms with Gasteiger partial charge in [-0.1, -0.05) is 32.9 Å². The minimum absolute atomic E-state index is 0.0273. The van der Waals surface area contributed by atoms with Crippen molar-refractivity contribution in [3.05, 3.63) is 34.7 Å². The van der Waals surface area contributed by atoms with Gasteiger partial charge in [0.05, 0.1) is 11.0 Å². The van der Waals surface area contributed by atoms with E-state index in [0.29, 0.717) is 32.7 Å². The molecule has 0 unspecified atom stereocenters. The molecule has 0 radical (unpaired) electrons. The molecule has 0 N–H and O–H groups in total. The number of benzene rings is 1. The van der Waals surface area contributed by atoms with E-state index >= 15 is 0 Å². The largest absolute Gasteiger partial charge is 0.339 e. The maximum absolute atomic E-state index is 12.8. The van der Waals surface area contributed by atoms with E-state index in [1.807, 2.05) is 56.9 Å². The maximum atomic E-state index is 12.8. The lowest BCUT2D eigenvalue weighted by Gasteiger charge is -2.37. The zero-order chi connectivity index (χ0) is 19.8. The van der Waals surface area contributed by atoms with Crippen molar-refractivity contribution in [2.75, 3.05) is 26.2 Å². The van der Waals surface area contributed by atoms with Crippen molar-refractivity contribution in [3.8, 4) is 0 Å². The Morgan fingerprint density at radius 1 is 0.926 bits per heavy atom. The summed E-state index contributed by atoms with van der Waals surface area (Å²) in [4.78, 5) is 41.4. The molecule has 1 aromatic heterocycles. The molecule has 2 amide bonds. The van der Waals surface area contributed by atoms with Gasteiger partial charge in [-0.15, -0.1) is 0 Å². The van der Waals surface area contributed by atoms with Crippen LogP contribution in [0.1, 0.15) is 27.7 Å². The first-order chi connectivity index (χ1) is 12.7. The second-order valence-corrected chi connectivity index (χ2v) is 8.02. The van der Waals surface area contributed by atoms with E-state index in [1.165, 1.54) is 0 Å². The van der Waals surface area contributed by atoms with Gasteiger partial charge in [0.25, 0.3) is 0 Å². The standard InChI is InChI=1S/C20H28N4O3/c1-5-23-15-8-6-7-9-16(15)24(19(23)27)14-17(25)21-10-12-22(13-11-21)18(26)20(2,3)4/h6-9H,5,10-14H2,1-4H3. The molecule has 1 saturated heterocycles. The van der Waals surface area contributed by atoms with Crippen molar-refractivity contribution in [3.63, 3.8) is 0 Å². The van der Waals surface area contributed by atoms with Crippen LogP contribution in [0.25, 0.3) is 11.0 Å². The Hall–Kier alpha value is -2.57. The Morgan fingerprint density at radius 2 is 1.44 bits per heavy atom. The number of nitrogens with zero attached hydrogens (tertiary/aromatic N) is 4. The molecule has 0 spiro atoms. The summed E-state index contributed by atoms with van der Waals surface area (Å²) in [7, 11) is 0. The minimum atomic E-state index is -0.415. The molecular formula is C20H28N4O3. The van der Waals surface area contributed by atoms with E-state index in [-0.39, 0.29) is 24.0 Å². The number of piperazine rings is 1. The molecule has 1 aromatic carbocycles. The molecule has 146 valence electrons. The maximum Gasteiger partial charge on any atom is 0.329 e. The van der Waals surface area contributed by atoms with Crippen LogP contribution in [0.2, 0.25) is 0 Å². The molecule has 2 heterocycles. The molecule has 0 atom stereocenters. The van der Waals surface area contributed by atoms with E-state index in [4.69, 9.17) is 0 Å². The summed E-state index contributed by atoms with van der Waals surface area (Å²) in [5.41, 5.74) is 1.05. The van der Waals surface area contributed by atoms with Crippen LogP contribution in [0.15, 0.2) is 29.1 Å². The first-order valence-corrected chi connectivity index (χ1v) is 9.49. The molecule has 7 heteroatoms. The highest BCUT2D eigenvalue weighted by molar-refractivity contribution is 5.83. The normalized spacial score (nSPS) is 15.4. The Labute approximate surface area is 159 Å². The lowest BCUT2D eigenvalue weighted by molar-refractivity contribution is -0.145. The highest BCUT2D eigenvalue weighted by Gasteiger charge is 2.31. The van der Waals surface area contributed by atoms with Crippen LogP contribution in [0.4, 0.5) is 0 Å². The second-order valence-electron chi connectivity index (χ2n) is 8.02. The third kappa shape index (κ3) is 3.63. The summed E-state index contributed by atoms with van der Waals surface area (Å²) in [6, 6.07) is 7.54. The summed E-state index contributed by atoms with van der Waals surface area (Å²) in [6.07, 6.45) is 0. The van der Waals surface area contributed by atoms with Crippen LogP contribution in [0.3, 0.4) is 0 Å². The number of rotatable bonds is 3. The molecular weight excluding hydrogens is 344 g/mol. The lowest BCUT2D eigenvalue weighted by atomic mass is 9.94. The number of para-hydroxylation sites is 2. The highest BCUT2D eigenvalue weighted by Crippen LogP contribution is 2.19. The van der Waals surface area contributed by atoms with Crippen LogP contribution in [0, 0.1) is 5.41 Å². The molecule has 0 aliphatic carbocycles. The van der Waals surface area contributed by atoms with Gasteiger partial charge >= 0.3 is 5.69 Å². The summed E-state index contributed by atoms with van der Waals surface area (Å²) in [5, 5.41) is 0. The zero-order valence-corrected chi connectivity index (χ0v) is 16.6. The number of aryl methyl sites for hydroxylation is 1. The van der Waals surface area contributed by atoms with E-state index < -0.39 is 5.41 Å². The molecule has 1 fully saturated rings. The molecule has 1 aliphatic rings. The number of fused-ring (bicyclic) bond motifs is 1. The Morgan fingerprint density at radius 3 is 1.96 bits per heavy atom. The lowest BCUT2D eigenvalue weighted by Crippen LogP contribution is -2.53. The third-order valence-electron chi connectivity index (χ3n) is 5.10. The molecule has 1 aliphatic heterocycles. The van der Waals surface area contributed by atoms with Gasteiger partial charge in [-0.05, 0) is 19.1 Å². The minimum Gasteiger partial charge on any atom is -0.339 e. The van der Waals surface area contributed by atoms with Gasteiger partial charge in [0.15, 0.2) is 0 Å². The Bertz CT molecular complexity index is 911. The van der Waals surface area contributed by atoms with Crippen molar-refractivity contribution >= 4 is 22.8 Å². The van der Waals surface area contributed by atoms with Crippen molar-refractivity contribution in [2.24, 2.45) is 5.41 Å². The summed E-state index contributed by atoms with van der Waals surface area (Å²) >= 11 is 0. The predicted octanol–water partition coefficient (Wildman–Crippen LogP) is 1.54. The van der Waals surface area contributed by atoms with E-state index in [9.17, 15) is 14.4 Å². The molecule has 7 nitrogen and oxygen atoms in total. The molecule has 2 aromatic rings. The van der Waals surface area contributed by atoms with Crippen LogP contribution < -0.4 is 5.69 Å². The average molecular weight is 372 g/mol. The van der Waals surface area contributed by atoms with Gasteiger partial charge in [-0.25, -0.2) is 4.79 Å². The van der Waals surface area contributed by atoms with Gasteiger partial charge in [0, 0.05) is 38.1 Å². The van der Waals surface area contributed by atoms with Gasteiger partial charge in [-0.2, -0.15) is 0 Å². The van der Waals surface area contributed by atoms with Crippen molar-refractivity contribution in [1.82, 2.24) is 18.9 Å². The number of hydrogen-bond donors (Lipinski definition) is 0. The van der Waals surface area contributed by atoms with E-state index in [2.05, 4.69) is 0 Å². The fourth-order valence-electron chi connectivity index (χ4n) is 3.60. The quantitative estimate of drug-likeness (QED) is 0.821. The summed E-state index contributed by atoms with van der Waals surface area (Å²) in [5.74, 6) is 0.0239. The molecule has 0 saturated carbocycles. The van der Waals surface area contributed by atoms with Crippen LogP contribution in [0.5, 0.6) is 0 Å². The number of carbonyl (C=O) groups excluding carboxylic acids is 2. The first kappa shape index (κ1) is 19.2. The van der Waals surface area contributed by atoms with Crippen molar-refractivity contribution in [2.45, 2.75) is 40.8 Å². The molecule has 3 rings (SSSR count). The first-order valence-electron chi connectivity index (χ1n) is 9.49. The van der Waals surface area contributed by atoms with E-state index in [0.717, 1.165) is 11.0 Å². The average Bonchev–Trinajstić information content (AvgIpc) is 2.91. The molecule has 0 bridgehead atoms. The van der Waals surface area contributed by atoms with E-state index in [1.54, 1.807) is 14.0 Å². The predicted molar refractivity (Wildman–Crippen MR) is 104 cm³/mol. The fourth-order valence-corrected chi connectivity index (χ4v) is 3.60. The van der Waals surface area contributed by atoms with Gasteiger partial charge in [-0.3, -0.25) is 18.7 Å².